The summed E-state index contributed by atoms with van der Waals surface area (Å²) in [6.45, 7) is 1.11. The van der Waals surface area contributed by atoms with Crippen molar-refractivity contribution in [2.24, 2.45) is 0 Å². The maximum atomic E-state index is 5.99. The summed E-state index contributed by atoms with van der Waals surface area (Å²) in [4.78, 5) is 0. The Morgan fingerprint density at radius 1 is 1.09 bits per heavy atom. The molecule has 1 aromatic carbocycles. The molecule has 5 atom stereocenters. The summed E-state index contributed by atoms with van der Waals surface area (Å²) in [5, 5.41) is 0. The van der Waals surface area contributed by atoms with E-state index in [9.17, 15) is 0 Å². The zero-order valence-corrected chi connectivity index (χ0v) is 12.8. The van der Waals surface area contributed by atoms with Gasteiger partial charge < -0.3 is 28.4 Å². The van der Waals surface area contributed by atoms with Crippen LogP contribution in [-0.2, 0) is 35.0 Å². The van der Waals surface area contributed by atoms with Gasteiger partial charge in [0.15, 0.2) is 6.29 Å². The van der Waals surface area contributed by atoms with E-state index in [1.165, 1.54) is 0 Å². The average Bonchev–Trinajstić information content (AvgIpc) is 3.04. The number of methoxy groups -OCH3 is 2. The Balaban J connectivity index is 1.67. The fourth-order valence-corrected chi connectivity index (χ4v) is 2.90. The molecule has 0 bridgehead atoms. The van der Waals surface area contributed by atoms with Gasteiger partial charge in [-0.2, -0.15) is 0 Å². The van der Waals surface area contributed by atoms with Gasteiger partial charge >= 0.3 is 0 Å². The molecule has 2 aliphatic heterocycles. The first-order valence-corrected chi connectivity index (χ1v) is 7.39. The van der Waals surface area contributed by atoms with Crippen molar-refractivity contribution in [1.29, 1.82) is 0 Å². The standard InChI is InChI=1S/C16H22O6/c1-17-9-12-13-14(21-10-20-13)15(18-2)16(22-12)19-8-11-6-4-3-5-7-11/h3-7,12-16H,8-10H2,1-2H3/t12-,13-,14+,15-,16-/m1/s1. The van der Waals surface area contributed by atoms with E-state index in [1.54, 1.807) is 14.2 Å². The van der Waals surface area contributed by atoms with Crippen LogP contribution < -0.4 is 0 Å². The Hall–Kier alpha value is -1.02. The maximum absolute atomic E-state index is 5.99. The van der Waals surface area contributed by atoms with Gasteiger partial charge in [0, 0.05) is 14.2 Å². The van der Waals surface area contributed by atoms with E-state index in [0.717, 1.165) is 5.56 Å². The Morgan fingerprint density at radius 2 is 1.86 bits per heavy atom. The van der Waals surface area contributed by atoms with Gasteiger partial charge in [0.1, 0.15) is 31.2 Å². The van der Waals surface area contributed by atoms with Crippen LogP contribution in [-0.4, -0.2) is 58.3 Å². The van der Waals surface area contributed by atoms with Gasteiger partial charge in [-0.1, -0.05) is 30.3 Å². The van der Waals surface area contributed by atoms with Gasteiger partial charge in [0.05, 0.1) is 13.2 Å². The van der Waals surface area contributed by atoms with Crippen LogP contribution >= 0.6 is 0 Å². The van der Waals surface area contributed by atoms with E-state index in [-0.39, 0.29) is 31.2 Å². The first kappa shape index (κ1) is 15.9. The molecular weight excluding hydrogens is 288 g/mol. The van der Waals surface area contributed by atoms with Crippen molar-refractivity contribution in [3.63, 3.8) is 0 Å². The summed E-state index contributed by atoms with van der Waals surface area (Å²) in [5.74, 6) is 0. The third-order valence-electron chi connectivity index (χ3n) is 3.97. The zero-order valence-electron chi connectivity index (χ0n) is 12.8. The van der Waals surface area contributed by atoms with Crippen LogP contribution in [0.3, 0.4) is 0 Å². The highest BCUT2D eigenvalue weighted by Crippen LogP contribution is 2.32. The van der Waals surface area contributed by atoms with Crippen LogP contribution in [0.5, 0.6) is 0 Å². The molecule has 2 heterocycles. The van der Waals surface area contributed by atoms with E-state index < -0.39 is 6.29 Å². The smallest absolute Gasteiger partial charge is 0.187 e. The largest absolute Gasteiger partial charge is 0.382 e. The molecular formula is C16H22O6. The molecule has 0 unspecified atom stereocenters. The van der Waals surface area contributed by atoms with Crippen molar-refractivity contribution in [3.8, 4) is 0 Å². The molecule has 22 heavy (non-hydrogen) atoms. The third kappa shape index (κ3) is 3.32. The zero-order chi connectivity index (χ0) is 15.4. The summed E-state index contributed by atoms with van der Waals surface area (Å²) in [5.41, 5.74) is 1.08. The second kappa shape index (κ2) is 7.50. The maximum Gasteiger partial charge on any atom is 0.187 e. The molecule has 0 aromatic heterocycles. The lowest BCUT2D eigenvalue weighted by molar-refractivity contribution is -0.291. The topological polar surface area (TPSA) is 55.4 Å². The summed E-state index contributed by atoms with van der Waals surface area (Å²) >= 11 is 0. The predicted octanol–water partition coefficient (Wildman–Crippen LogP) is 1.33. The van der Waals surface area contributed by atoms with E-state index >= 15 is 0 Å². The summed E-state index contributed by atoms with van der Waals surface area (Å²) in [7, 11) is 3.26. The second-order valence-electron chi connectivity index (χ2n) is 5.38. The number of hydrogen-bond acceptors (Lipinski definition) is 6. The minimum Gasteiger partial charge on any atom is -0.382 e. The quantitative estimate of drug-likeness (QED) is 0.790. The van der Waals surface area contributed by atoms with E-state index in [2.05, 4.69) is 0 Å². The van der Waals surface area contributed by atoms with E-state index in [4.69, 9.17) is 28.4 Å². The molecule has 0 N–H and O–H groups in total. The van der Waals surface area contributed by atoms with Crippen molar-refractivity contribution in [2.45, 2.75) is 37.3 Å². The van der Waals surface area contributed by atoms with Gasteiger partial charge in [0.25, 0.3) is 0 Å². The minimum atomic E-state index is -0.520. The fraction of sp³-hybridized carbons (Fsp3) is 0.625. The highest BCUT2D eigenvalue weighted by Gasteiger charge is 2.51. The number of hydrogen-bond donors (Lipinski definition) is 0. The van der Waals surface area contributed by atoms with Crippen LogP contribution in [0.1, 0.15) is 5.56 Å². The molecule has 1 aromatic rings. The summed E-state index contributed by atoms with van der Waals surface area (Å²) in [6.07, 6.45) is -1.48. The molecule has 0 amide bonds. The summed E-state index contributed by atoms with van der Waals surface area (Å²) < 4.78 is 33.9. The van der Waals surface area contributed by atoms with Crippen molar-refractivity contribution in [3.05, 3.63) is 35.9 Å². The molecule has 0 aliphatic carbocycles. The molecule has 6 nitrogen and oxygen atoms in total. The molecule has 2 saturated heterocycles. The van der Waals surface area contributed by atoms with Crippen molar-refractivity contribution in [2.75, 3.05) is 27.6 Å². The fourth-order valence-electron chi connectivity index (χ4n) is 2.90. The van der Waals surface area contributed by atoms with Crippen LogP contribution in [0, 0.1) is 0 Å². The van der Waals surface area contributed by atoms with E-state index in [0.29, 0.717) is 13.2 Å². The molecule has 0 saturated carbocycles. The highest BCUT2D eigenvalue weighted by atomic mass is 16.8. The average molecular weight is 310 g/mol. The molecule has 122 valence electrons. The number of benzene rings is 1. The number of fused-ring (bicyclic) bond motifs is 1. The normalized spacial score (nSPS) is 34.5. The SMILES string of the molecule is COC[C@H]1O[C@@H](OCc2ccccc2)[C@H](OC)[C@H]2OCO[C@@H]21. The Bertz CT molecular complexity index is 453. The predicted molar refractivity (Wildman–Crippen MR) is 77.2 cm³/mol. The Kier molecular flexibility index (Phi) is 5.41. The molecule has 0 spiro atoms. The highest BCUT2D eigenvalue weighted by molar-refractivity contribution is 5.13. The van der Waals surface area contributed by atoms with Gasteiger partial charge in [-0.25, -0.2) is 0 Å². The Morgan fingerprint density at radius 3 is 2.59 bits per heavy atom. The molecule has 6 heteroatoms. The number of ether oxygens (including phenoxy) is 6. The lowest BCUT2D eigenvalue weighted by Crippen LogP contribution is -2.58. The molecule has 2 fully saturated rings. The first-order valence-electron chi connectivity index (χ1n) is 7.39. The van der Waals surface area contributed by atoms with Crippen LogP contribution in [0.25, 0.3) is 0 Å². The molecule has 0 radical (unpaired) electrons. The summed E-state index contributed by atoms with van der Waals surface area (Å²) in [6, 6.07) is 9.95. The van der Waals surface area contributed by atoms with Gasteiger partial charge in [-0.05, 0) is 5.56 Å². The molecule has 2 aliphatic rings. The van der Waals surface area contributed by atoms with Crippen molar-refractivity contribution in [1.82, 2.24) is 0 Å². The number of rotatable bonds is 6. The van der Waals surface area contributed by atoms with Gasteiger partial charge in [-0.3, -0.25) is 0 Å². The minimum absolute atomic E-state index is 0.193. The Labute approximate surface area is 130 Å². The lowest BCUT2D eigenvalue weighted by atomic mass is 9.99. The third-order valence-corrected chi connectivity index (χ3v) is 3.97. The van der Waals surface area contributed by atoms with Crippen molar-refractivity contribution < 1.29 is 28.4 Å². The van der Waals surface area contributed by atoms with Gasteiger partial charge in [-0.15, -0.1) is 0 Å². The first-order chi connectivity index (χ1) is 10.8. The van der Waals surface area contributed by atoms with Crippen LogP contribution in [0.4, 0.5) is 0 Å². The van der Waals surface area contributed by atoms with Gasteiger partial charge in [0.2, 0.25) is 0 Å². The monoisotopic (exact) mass is 310 g/mol. The van der Waals surface area contributed by atoms with Crippen LogP contribution in [0.15, 0.2) is 30.3 Å². The lowest BCUT2D eigenvalue weighted by Gasteiger charge is -2.41. The second-order valence-corrected chi connectivity index (χ2v) is 5.38. The molecule has 3 rings (SSSR count). The van der Waals surface area contributed by atoms with Crippen LogP contribution in [0.2, 0.25) is 0 Å². The van der Waals surface area contributed by atoms with E-state index in [1.807, 2.05) is 30.3 Å². The van der Waals surface area contributed by atoms with Crippen molar-refractivity contribution >= 4 is 0 Å².